The maximum absolute atomic E-state index is 13.2. The molecule has 11 heteroatoms. The van der Waals surface area contributed by atoms with Crippen LogP contribution in [-0.4, -0.2) is 38.5 Å². The second-order valence-corrected chi connectivity index (χ2v) is 6.37. The fourth-order valence-electron chi connectivity index (χ4n) is 1.43. The zero-order chi connectivity index (χ0) is 16.4. The quantitative estimate of drug-likeness (QED) is 0.604. The van der Waals surface area contributed by atoms with Crippen LogP contribution in [0.2, 0.25) is 0 Å². The minimum atomic E-state index is -4.41. The summed E-state index contributed by atoms with van der Waals surface area (Å²) in [6.07, 6.45) is -4.41. The monoisotopic (exact) mass is 375 g/mol. The first kappa shape index (κ1) is 17.3. The smallest absolute Gasteiger partial charge is 0.428 e. The van der Waals surface area contributed by atoms with Crippen molar-refractivity contribution in [3.05, 3.63) is 24.3 Å². The van der Waals surface area contributed by atoms with Crippen LogP contribution in [0.1, 0.15) is 0 Å². The first-order valence-electron chi connectivity index (χ1n) is 5.85. The second-order valence-electron chi connectivity index (χ2n) is 4.08. The number of nitrogens with one attached hydrogen (secondary N) is 1. The van der Waals surface area contributed by atoms with Gasteiger partial charge in [-0.15, -0.1) is 5.17 Å². The van der Waals surface area contributed by atoms with Crippen molar-refractivity contribution in [2.45, 2.75) is 10.7 Å². The SMILES string of the molecule is ON(Nc1ccc(OC(F)(F)C(F)(Cl)Cl)cc1)C1=NCCS1. The van der Waals surface area contributed by atoms with Crippen molar-refractivity contribution < 1.29 is 23.1 Å². The van der Waals surface area contributed by atoms with Crippen molar-refractivity contribution in [3.8, 4) is 5.75 Å². The Bertz CT molecular complexity index is 555. The molecule has 5 nitrogen and oxygen atoms in total. The molecule has 1 aromatic carbocycles. The highest BCUT2D eigenvalue weighted by molar-refractivity contribution is 8.14. The molecule has 0 unspecified atom stereocenters. The summed E-state index contributed by atoms with van der Waals surface area (Å²) in [7, 11) is 0. The molecule has 0 fully saturated rings. The number of aliphatic imine (C=N–C) groups is 1. The molecule has 22 heavy (non-hydrogen) atoms. The largest absolute Gasteiger partial charge is 0.463 e. The maximum atomic E-state index is 13.2. The standard InChI is InChI=1S/C11H10Cl2F3N3O2S/c12-10(13,14)11(15,16)21-8-3-1-7(2-4-8)18-19(20)9-17-5-6-22-9/h1-4,18,20H,5-6H2. The van der Waals surface area contributed by atoms with E-state index in [0.717, 1.165) is 17.9 Å². The summed E-state index contributed by atoms with van der Waals surface area (Å²) in [5.41, 5.74) is 2.94. The lowest BCUT2D eigenvalue weighted by Gasteiger charge is -2.23. The molecule has 2 rings (SSSR count). The Morgan fingerprint density at radius 2 is 1.91 bits per heavy atom. The van der Waals surface area contributed by atoms with Gasteiger partial charge in [-0.3, -0.25) is 15.6 Å². The van der Waals surface area contributed by atoms with Gasteiger partial charge in [-0.05, 0) is 24.3 Å². The third-order valence-electron chi connectivity index (χ3n) is 2.42. The van der Waals surface area contributed by atoms with Crippen molar-refractivity contribution in [1.82, 2.24) is 5.17 Å². The molecule has 122 valence electrons. The molecule has 0 radical (unpaired) electrons. The normalized spacial score (nSPS) is 15.5. The van der Waals surface area contributed by atoms with E-state index in [9.17, 15) is 18.4 Å². The molecule has 0 aromatic heterocycles. The summed E-state index contributed by atoms with van der Waals surface area (Å²) < 4.78 is 39.5. The third kappa shape index (κ3) is 4.25. The van der Waals surface area contributed by atoms with Crippen molar-refractivity contribution in [2.24, 2.45) is 4.99 Å². The molecule has 0 spiro atoms. The number of benzene rings is 1. The number of hydrazine groups is 1. The van der Waals surface area contributed by atoms with E-state index in [1.165, 1.54) is 23.9 Å². The van der Waals surface area contributed by atoms with E-state index >= 15 is 0 Å². The Labute approximate surface area is 138 Å². The molecule has 0 saturated heterocycles. The number of halogens is 5. The first-order chi connectivity index (χ1) is 10.2. The molecular weight excluding hydrogens is 366 g/mol. The number of rotatable bonds is 5. The molecule has 0 aliphatic carbocycles. The first-order valence-corrected chi connectivity index (χ1v) is 7.60. The molecule has 0 bridgehead atoms. The molecule has 1 aliphatic rings. The van der Waals surface area contributed by atoms with Gasteiger partial charge >= 0.3 is 10.7 Å². The molecule has 1 heterocycles. The fraction of sp³-hybridized carbons (Fsp3) is 0.364. The number of ether oxygens (including phenoxy) is 1. The lowest BCUT2D eigenvalue weighted by molar-refractivity contribution is -0.211. The topological polar surface area (TPSA) is 57.1 Å². The maximum Gasteiger partial charge on any atom is 0.463 e. The van der Waals surface area contributed by atoms with Gasteiger partial charge in [0.1, 0.15) is 5.75 Å². The average Bonchev–Trinajstić information content (AvgIpc) is 2.93. The number of amidine groups is 1. The Kier molecular flexibility index (Phi) is 5.21. The number of hydroxylamine groups is 1. The average molecular weight is 376 g/mol. The van der Waals surface area contributed by atoms with Gasteiger partial charge in [0.15, 0.2) is 0 Å². The fourth-order valence-corrected chi connectivity index (χ4v) is 2.22. The van der Waals surface area contributed by atoms with Gasteiger partial charge in [-0.25, -0.2) is 0 Å². The van der Waals surface area contributed by atoms with E-state index in [0.29, 0.717) is 22.6 Å². The van der Waals surface area contributed by atoms with Gasteiger partial charge in [0.2, 0.25) is 5.17 Å². The van der Waals surface area contributed by atoms with Gasteiger partial charge in [0, 0.05) is 5.75 Å². The molecule has 1 aromatic rings. The Balaban J connectivity index is 1.98. The Morgan fingerprint density at radius 1 is 1.27 bits per heavy atom. The van der Waals surface area contributed by atoms with Crippen molar-refractivity contribution in [2.75, 3.05) is 17.7 Å². The van der Waals surface area contributed by atoms with Crippen LogP contribution in [0.25, 0.3) is 0 Å². The van der Waals surface area contributed by atoms with E-state index in [-0.39, 0.29) is 5.75 Å². The Hall–Kier alpha value is -1.03. The third-order valence-corrected chi connectivity index (χ3v) is 3.80. The van der Waals surface area contributed by atoms with E-state index < -0.39 is 10.7 Å². The van der Waals surface area contributed by atoms with E-state index in [1.54, 1.807) is 0 Å². The summed E-state index contributed by atoms with van der Waals surface area (Å²) >= 11 is 10.8. The molecule has 0 atom stereocenters. The van der Waals surface area contributed by atoms with Crippen LogP contribution >= 0.6 is 35.0 Å². The number of alkyl halides is 5. The number of thioether (sulfide) groups is 1. The van der Waals surface area contributed by atoms with Crippen LogP contribution in [0.4, 0.5) is 18.9 Å². The molecule has 0 amide bonds. The minimum Gasteiger partial charge on any atom is -0.428 e. The summed E-state index contributed by atoms with van der Waals surface area (Å²) in [6.45, 7) is 0.600. The van der Waals surface area contributed by atoms with Crippen LogP contribution in [-0.2, 0) is 0 Å². The zero-order valence-electron chi connectivity index (χ0n) is 10.8. The van der Waals surface area contributed by atoms with Gasteiger partial charge in [0.25, 0.3) is 0 Å². The lowest BCUT2D eigenvalue weighted by Crippen LogP contribution is -2.40. The summed E-state index contributed by atoms with van der Waals surface area (Å²) in [6, 6.07) is 4.93. The number of hydrogen-bond donors (Lipinski definition) is 2. The highest BCUT2D eigenvalue weighted by atomic mass is 35.5. The van der Waals surface area contributed by atoms with E-state index in [2.05, 4.69) is 15.2 Å². The van der Waals surface area contributed by atoms with Crippen molar-refractivity contribution in [3.63, 3.8) is 0 Å². The van der Waals surface area contributed by atoms with Crippen LogP contribution in [0.15, 0.2) is 29.3 Å². The summed E-state index contributed by atoms with van der Waals surface area (Å²) in [5.74, 6) is 0.411. The molecule has 2 N–H and O–H groups in total. The highest BCUT2D eigenvalue weighted by Gasteiger charge is 2.56. The van der Waals surface area contributed by atoms with E-state index in [1.807, 2.05) is 0 Å². The van der Waals surface area contributed by atoms with E-state index in [4.69, 9.17) is 23.2 Å². The molecule has 0 saturated carbocycles. The molecular formula is C11H10Cl2F3N3O2S. The van der Waals surface area contributed by atoms with Gasteiger partial charge in [-0.2, -0.15) is 13.2 Å². The van der Waals surface area contributed by atoms with Crippen LogP contribution in [0, 0.1) is 0 Å². The predicted octanol–water partition coefficient (Wildman–Crippen LogP) is 3.88. The lowest BCUT2D eigenvalue weighted by atomic mass is 10.3. The van der Waals surface area contributed by atoms with Crippen molar-refractivity contribution in [1.29, 1.82) is 0 Å². The van der Waals surface area contributed by atoms with Gasteiger partial charge in [-0.1, -0.05) is 35.0 Å². The number of nitrogens with zero attached hydrogens (tertiary/aromatic N) is 2. The summed E-state index contributed by atoms with van der Waals surface area (Å²) in [5, 5.41) is 10.8. The number of hydrogen-bond acceptors (Lipinski definition) is 6. The summed E-state index contributed by atoms with van der Waals surface area (Å²) in [4.78, 5) is 4.02. The minimum absolute atomic E-state index is 0.351. The van der Waals surface area contributed by atoms with Gasteiger partial charge < -0.3 is 4.74 Å². The van der Waals surface area contributed by atoms with Gasteiger partial charge in [0.05, 0.1) is 12.2 Å². The Morgan fingerprint density at radius 3 is 2.41 bits per heavy atom. The van der Waals surface area contributed by atoms with Crippen molar-refractivity contribution >= 4 is 45.8 Å². The second kappa shape index (κ2) is 6.61. The highest BCUT2D eigenvalue weighted by Crippen LogP contribution is 2.41. The number of anilines is 1. The van der Waals surface area contributed by atoms with Crippen LogP contribution in [0.3, 0.4) is 0 Å². The predicted molar refractivity (Wildman–Crippen MR) is 79.6 cm³/mol. The van der Waals surface area contributed by atoms with Crippen LogP contribution in [0.5, 0.6) is 5.75 Å². The van der Waals surface area contributed by atoms with Crippen LogP contribution < -0.4 is 10.2 Å². The zero-order valence-corrected chi connectivity index (χ0v) is 13.1. The molecule has 1 aliphatic heterocycles.